The van der Waals surface area contributed by atoms with Crippen LogP contribution in [-0.2, 0) is 0 Å². The van der Waals surface area contributed by atoms with Crippen LogP contribution >= 0.6 is 0 Å². The number of benzene rings is 1. The number of methoxy groups -OCH3 is 1. The monoisotopic (exact) mass is 301 g/mol. The van der Waals surface area contributed by atoms with Crippen LogP contribution in [0.15, 0.2) is 24.3 Å². The van der Waals surface area contributed by atoms with E-state index in [1.807, 2.05) is 0 Å². The summed E-state index contributed by atoms with van der Waals surface area (Å²) in [4.78, 5) is 13.7. The van der Waals surface area contributed by atoms with Crippen molar-refractivity contribution in [2.24, 2.45) is 5.92 Å². The van der Waals surface area contributed by atoms with Crippen LogP contribution in [0.4, 0.5) is 13.2 Å². The first-order chi connectivity index (χ1) is 9.90. The maximum Gasteiger partial charge on any atom is 0.393 e. The SMILES string of the molecule is COc1ccc(C(=O)CN2CCCC(C(F)(F)F)C2)cc1. The third kappa shape index (κ3) is 4.20. The molecule has 0 saturated carbocycles. The summed E-state index contributed by atoms with van der Waals surface area (Å²) in [6.07, 6.45) is -3.56. The molecular formula is C15H18F3NO2. The van der Waals surface area contributed by atoms with Gasteiger partial charge in [0, 0.05) is 12.1 Å². The minimum atomic E-state index is -4.18. The summed E-state index contributed by atoms with van der Waals surface area (Å²) in [5.74, 6) is -0.850. The number of alkyl halides is 3. The standard InChI is InChI=1S/C15H18F3NO2/c1-21-13-6-4-11(5-7-13)14(20)10-19-8-2-3-12(9-19)15(16,17)18/h4-7,12H,2-3,8-10H2,1H3. The van der Waals surface area contributed by atoms with Crippen molar-refractivity contribution in [1.82, 2.24) is 4.90 Å². The first kappa shape index (κ1) is 15.8. The van der Waals surface area contributed by atoms with E-state index in [2.05, 4.69) is 0 Å². The maximum absolute atomic E-state index is 12.7. The summed E-state index contributed by atoms with van der Waals surface area (Å²) in [5.41, 5.74) is 0.491. The number of hydrogen-bond donors (Lipinski definition) is 0. The molecule has 0 aliphatic carbocycles. The number of likely N-dealkylation sites (tertiary alicyclic amines) is 1. The number of piperidine rings is 1. The van der Waals surface area contributed by atoms with Crippen LogP contribution in [-0.4, -0.2) is 43.6 Å². The summed E-state index contributed by atoms with van der Waals surface area (Å²) < 4.78 is 43.2. The number of hydrogen-bond acceptors (Lipinski definition) is 3. The van der Waals surface area contributed by atoms with Crippen molar-refractivity contribution in [2.75, 3.05) is 26.7 Å². The molecular weight excluding hydrogens is 283 g/mol. The lowest BCUT2D eigenvalue weighted by Gasteiger charge is -2.33. The highest BCUT2D eigenvalue weighted by Gasteiger charge is 2.41. The van der Waals surface area contributed by atoms with Crippen molar-refractivity contribution in [3.63, 3.8) is 0 Å². The highest BCUT2D eigenvalue weighted by Crippen LogP contribution is 2.33. The molecule has 1 atom stereocenters. The molecule has 1 heterocycles. The molecule has 1 aromatic carbocycles. The first-order valence-corrected chi connectivity index (χ1v) is 6.86. The van der Waals surface area contributed by atoms with Crippen molar-refractivity contribution in [2.45, 2.75) is 19.0 Å². The fourth-order valence-electron chi connectivity index (χ4n) is 2.54. The van der Waals surface area contributed by atoms with E-state index in [1.165, 1.54) is 7.11 Å². The molecule has 0 aromatic heterocycles. The molecule has 0 amide bonds. The van der Waals surface area contributed by atoms with E-state index in [-0.39, 0.29) is 25.3 Å². The van der Waals surface area contributed by atoms with E-state index in [0.29, 0.717) is 24.3 Å². The summed E-state index contributed by atoms with van der Waals surface area (Å²) >= 11 is 0. The molecule has 0 spiro atoms. The van der Waals surface area contributed by atoms with Crippen LogP contribution < -0.4 is 4.74 Å². The van der Waals surface area contributed by atoms with Gasteiger partial charge in [0.05, 0.1) is 19.6 Å². The van der Waals surface area contributed by atoms with Gasteiger partial charge in [-0.3, -0.25) is 9.69 Å². The average Bonchev–Trinajstić information content (AvgIpc) is 2.47. The van der Waals surface area contributed by atoms with Crippen molar-refractivity contribution in [3.8, 4) is 5.75 Å². The number of nitrogens with zero attached hydrogens (tertiary/aromatic N) is 1. The Bertz CT molecular complexity index is 485. The van der Waals surface area contributed by atoms with Crippen LogP contribution in [0.5, 0.6) is 5.75 Å². The minimum Gasteiger partial charge on any atom is -0.497 e. The molecule has 1 aromatic rings. The molecule has 3 nitrogen and oxygen atoms in total. The Kier molecular flexibility index (Phi) is 4.88. The van der Waals surface area contributed by atoms with Gasteiger partial charge in [-0.05, 0) is 43.7 Å². The molecule has 1 aliphatic rings. The van der Waals surface area contributed by atoms with E-state index >= 15 is 0 Å². The lowest BCUT2D eigenvalue weighted by molar-refractivity contribution is -0.186. The summed E-state index contributed by atoms with van der Waals surface area (Å²) in [5, 5.41) is 0. The van der Waals surface area contributed by atoms with Gasteiger partial charge in [-0.2, -0.15) is 13.2 Å². The Hall–Kier alpha value is -1.56. The number of carbonyl (C=O) groups is 1. The molecule has 21 heavy (non-hydrogen) atoms. The van der Waals surface area contributed by atoms with Crippen LogP contribution in [0.25, 0.3) is 0 Å². The fraction of sp³-hybridized carbons (Fsp3) is 0.533. The third-order valence-corrected chi connectivity index (χ3v) is 3.75. The van der Waals surface area contributed by atoms with Crippen LogP contribution in [0.1, 0.15) is 23.2 Å². The molecule has 1 fully saturated rings. The normalized spacial score (nSPS) is 20.3. The molecule has 0 bridgehead atoms. The summed E-state index contributed by atoms with van der Waals surface area (Å²) in [6.45, 7) is 0.471. The Morgan fingerprint density at radius 3 is 2.57 bits per heavy atom. The Balaban J connectivity index is 1.95. The number of ketones is 1. The van der Waals surface area contributed by atoms with Crippen molar-refractivity contribution < 1.29 is 22.7 Å². The smallest absolute Gasteiger partial charge is 0.393 e. The van der Waals surface area contributed by atoms with Gasteiger partial charge in [0.25, 0.3) is 0 Å². The molecule has 6 heteroatoms. The highest BCUT2D eigenvalue weighted by molar-refractivity contribution is 5.97. The van der Waals surface area contributed by atoms with E-state index < -0.39 is 12.1 Å². The van der Waals surface area contributed by atoms with E-state index in [0.717, 1.165) is 0 Å². The number of carbonyl (C=O) groups excluding carboxylic acids is 1. The zero-order chi connectivity index (χ0) is 15.5. The molecule has 1 saturated heterocycles. The number of halogens is 3. The van der Waals surface area contributed by atoms with Crippen LogP contribution in [0, 0.1) is 5.92 Å². The van der Waals surface area contributed by atoms with Gasteiger partial charge in [-0.1, -0.05) is 0 Å². The molecule has 0 radical (unpaired) electrons. The first-order valence-electron chi connectivity index (χ1n) is 6.86. The van der Waals surface area contributed by atoms with Crippen molar-refractivity contribution in [3.05, 3.63) is 29.8 Å². The minimum absolute atomic E-state index is 0.0267. The van der Waals surface area contributed by atoms with Gasteiger partial charge in [0.2, 0.25) is 0 Å². The second kappa shape index (κ2) is 6.47. The largest absolute Gasteiger partial charge is 0.497 e. The van der Waals surface area contributed by atoms with E-state index in [1.54, 1.807) is 29.2 Å². The predicted molar refractivity (Wildman–Crippen MR) is 72.5 cm³/mol. The summed E-state index contributed by atoms with van der Waals surface area (Å²) in [7, 11) is 1.53. The molecule has 116 valence electrons. The molecule has 1 aliphatic heterocycles. The van der Waals surface area contributed by atoms with E-state index in [9.17, 15) is 18.0 Å². The summed E-state index contributed by atoms with van der Waals surface area (Å²) in [6, 6.07) is 6.60. The zero-order valence-corrected chi connectivity index (χ0v) is 11.8. The maximum atomic E-state index is 12.7. The van der Waals surface area contributed by atoms with Gasteiger partial charge in [0.1, 0.15) is 5.75 Å². The lowest BCUT2D eigenvalue weighted by Crippen LogP contribution is -2.43. The third-order valence-electron chi connectivity index (χ3n) is 3.75. The lowest BCUT2D eigenvalue weighted by atomic mass is 9.97. The highest BCUT2D eigenvalue weighted by atomic mass is 19.4. The van der Waals surface area contributed by atoms with Gasteiger partial charge in [-0.15, -0.1) is 0 Å². The van der Waals surface area contributed by atoms with Gasteiger partial charge in [-0.25, -0.2) is 0 Å². The quantitative estimate of drug-likeness (QED) is 0.800. The molecule has 2 rings (SSSR count). The second-order valence-corrected chi connectivity index (χ2v) is 5.27. The van der Waals surface area contributed by atoms with Gasteiger partial charge < -0.3 is 4.74 Å². The number of ether oxygens (including phenoxy) is 1. The number of rotatable bonds is 4. The van der Waals surface area contributed by atoms with Gasteiger partial charge in [0.15, 0.2) is 5.78 Å². The van der Waals surface area contributed by atoms with Crippen molar-refractivity contribution in [1.29, 1.82) is 0 Å². The Labute approximate surface area is 121 Å². The fourth-order valence-corrected chi connectivity index (χ4v) is 2.54. The Morgan fingerprint density at radius 1 is 1.33 bits per heavy atom. The Morgan fingerprint density at radius 2 is 2.00 bits per heavy atom. The van der Waals surface area contributed by atoms with Crippen LogP contribution in [0.2, 0.25) is 0 Å². The van der Waals surface area contributed by atoms with Crippen molar-refractivity contribution >= 4 is 5.78 Å². The predicted octanol–water partition coefficient (Wildman–Crippen LogP) is 3.15. The second-order valence-electron chi connectivity index (χ2n) is 5.27. The molecule has 0 N–H and O–H groups in total. The molecule has 1 unspecified atom stereocenters. The zero-order valence-electron chi connectivity index (χ0n) is 11.8. The van der Waals surface area contributed by atoms with Crippen LogP contribution in [0.3, 0.4) is 0 Å². The van der Waals surface area contributed by atoms with E-state index in [4.69, 9.17) is 4.74 Å². The number of Topliss-reactive ketones (excluding diaryl/α,β-unsaturated/α-hetero) is 1. The average molecular weight is 301 g/mol. The van der Waals surface area contributed by atoms with Gasteiger partial charge >= 0.3 is 6.18 Å². The topological polar surface area (TPSA) is 29.5 Å².